The molecule has 1 fully saturated rings. The molecule has 0 unspecified atom stereocenters. The zero-order valence-electron chi connectivity index (χ0n) is 10.3. The molecule has 0 N–H and O–H groups in total. The second-order valence-electron chi connectivity index (χ2n) is 4.37. The number of alkyl halides is 3. The van der Waals surface area contributed by atoms with E-state index in [1.807, 2.05) is 0 Å². The lowest BCUT2D eigenvalue weighted by Crippen LogP contribution is -2.32. The minimum absolute atomic E-state index is 0.0701. The summed E-state index contributed by atoms with van der Waals surface area (Å²) >= 11 is 0. The van der Waals surface area contributed by atoms with Gasteiger partial charge in [-0.3, -0.25) is 4.79 Å². The van der Waals surface area contributed by atoms with Crippen LogP contribution in [-0.4, -0.2) is 30.4 Å². The quantitative estimate of drug-likeness (QED) is 0.737. The van der Waals surface area contributed by atoms with Crippen LogP contribution < -0.4 is 4.90 Å². The van der Waals surface area contributed by atoms with Crippen molar-refractivity contribution in [2.75, 3.05) is 18.5 Å². The second kappa shape index (κ2) is 4.25. The molecule has 3 amide bonds. The van der Waals surface area contributed by atoms with Crippen LogP contribution >= 0.6 is 0 Å². The van der Waals surface area contributed by atoms with Crippen molar-refractivity contribution in [3.05, 3.63) is 29.3 Å². The fraction of sp³-hybridized carbons (Fsp3) is 0.333. The van der Waals surface area contributed by atoms with Gasteiger partial charge in [-0.25, -0.2) is 9.69 Å². The highest BCUT2D eigenvalue weighted by molar-refractivity contribution is 6.20. The molecule has 0 aliphatic carbocycles. The van der Waals surface area contributed by atoms with Gasteiger partial charge >= 0.3 is 12.2 Å². The predicted octanol–water partition coefficient (Wildman–Crippen LogP) is 2.41. The number of nitrogens with zero attached hydrogens (tertiary/aromatic N) is 2. The van der Waals surface area contributed by atoms with Crippen LogP contribution in [-0.2, 0) is 11.0 Å². The standard InChI is InChI=1S/C12H11F3N2O2/c1-7-5-8(12(13,14)15)3-4-9(7)17-10(18)6-16(2)11(17)19/h3-5H,6H2,1-2H3. The molecular weight excluding hydrogens is 261 g/mol. The lowest BCUT2D eigenvalue weighted by Gasteiger charge is -2.18. The van der Waals surface area contributed by atoms with Crippen LogP contribution in [0.5, 0.6) is 0 Å². The van der Waals surface area contributed by atoms with Crippen molar-refractivity contribution in [1.29, 1.82) is 0 Å². The molecule has 1 aliphatic heterocycles. The zero-order valence-corrected chi connectivity index (χ0v) is 10.3. The number of halogens is 3. The number of carbonyl (C=O) groups is 2. The molecule has 0 atom stereocenters. The highest BCUT2D eigenvalue weighted by atomic mass is 19.4. The van der Waals surface area contributed by atoms with Crippen molar-refractivity contribution in [3.8, 4) is 0 Å². The van der Waals surface area contributed by atoms with E-state index in [2.05, 4.69) is 0 Å². The van der Waals surface area contributed by atoms with E-state index in [0.29, 0.717) is 0 Å². The molecule has 102 valence electrons. The van der Waals surface area contributed by atoms with Crippen LogP contribution in [0.15, 0.2) is 18.2 Å². The van der Waals surface area contributed by atoms with Gasteiger partial charge in [0.25, 0.3) is 5.91 Å². The van der Waals surface area contributed by atoms with Gasteiger partial charge < -0.3 is 4.90 Å². The third kappa shape index (κ3) is 2.27. The van der Waals surface area contributed by atoms with E-state index >= 15 is 0 Å². The molecule has 0 bridgehead atoms. The average molecular weight is 272 g/mol. The van der Waals surface area contributed by atoms with Crippen molar-refractivity contribution < 1.29 is 22.8 Å². The predicted molar refractivity (Wildman–Crippen MR) is 61.7 cm³/mol. The first-order valence-electron chi connectivity index (χ1n) is 5.47. The molecule has 2 rings (SSSR count). The molecule has 0 saturated carbocycles. The maximum Gasteiger partial charge on any atom is 0.416 e. The number of amides is 3. The van der Waals surface area contributed by atoms with Crippen LogP contribution in [0.25, 0.3) is 0 Å². The maximum absolute atomic E-state index is 12.5. The van der Waals surface area contributed by atoms with Crippen LogP contribution in [0.2, 0.25) is 0 Å². The molecule has 1 aliphatic rings. The molecule has 1 heterocycles. The van der Waals surface area contributed by atoms with Gasteiger partial charge in [-0.05, 0) is 30.7 Å². The van der Waals surface area contributed by atoms with Gasteiger partial charge in [0.1, 0.15) is 6.54 Å². The number of anilines is 1. The summed E-state index contributed by atoms with van der Waals surface area (Å²) in [5.74, 6) is -0.449. The number of rotatable bonds is 1. The summed E-state index contributed by atoms with van der Waals surface area (Å²) in [6.07, 6.45) is -4.45. The first-order valence-corrected chi connectivity index (χ1v) is 5.47. The second-order valence-corrected chi connectivity index (χ2v) is 4.37. The molecule has 0 radical (unpaired) electrons. The number of likely N-dealkylation sites (N-methyl/N-ethyl adjacent to an activating group) is 1. The average Bonchev–Trinajstić information content (AvgIpc) is 2.53. The van der Waals surface area contributed by atoms with Crippen LogP contribution in [0.3, 0.4) is 0 Å². The van der Waals surface area contributed by atoms with Gasteiger partial charge in [0.15, 0.2) is 0 Å². The van der Waals surface area contributed by atoms with Crippen LogP contribution in [0.1, 0.15) is 11.1 Å². The number of urea groups is 1. The van der Waals surface area contributed by atoms with E-state index in [4.69, 9.17) is 0 Å². The SMILES string of the molecule is Cc1cc(C(F)(F)F)ccc1N1C(=O)CN(C)C1=O. The molecule has 0 spiro atoms. The van der Waals surface area contributed by atoms with E-state index in [9.17, 15) is 22.8 Å². The van der Waals surface area contributed by atoms with E-state index in [-0.39, 0.29) is 17.8 Å². The molecular formula is C12H11F3N2O2. The Morgan fingerprint density at radius 1 is 1.21 bits per heavy atom. The smallest absolute Gasteiger partial charge is 0.318 e. The number of carbonyl (C=O) groups excluding carboxylic acids is 2. The summed E-state index contributed by atoms with van der Waals surface area (Å²) in [6.45, 7) is 1.36. The van der Waals surface area contributed by atoms with Gasteiger partial charge in [-0.2, -0.15) is 13.2 Å². The monoisotopic (exact) mass is 272 g/mol. The van der Waals surface area contributed by atoms with Gasteiger partial charge in [-0.15, -0.1) is 0 Å². The van der Waals surface area contributed by atoms with E-state index < -0.39 is 23.7 Å². The molecule has 1 saturated heterocycles. The summed E-state index contributed by atoms with van der Waals surface area (Å²) in [5.41, 5.74) is -0.389. The Labute approximate surface area is 107 Å². The number of hydrogen-bond donors (Lipinski definition) is 0. The Balaban J connectivity index is 2.42. The van der Waals surface area contributed by atoms with E-state index in [1.54, 1.807) is 0 Å². The molecule has 4 nitrogen and oxygen atoms in total. The highest BCUT2D eigenvalue weighted by Crippen LogP contribution is 2.33. The summed E-state index contributed by atoms with van der Waals surface area (Å²) < 4.78 is 37.6. The minimum atomic E-state index is -4.45. The van der Waals surface area contributed by atoms with E-state index in [1.165, 1.54) is 18.9 Å². The Hall–Kier alpha value is -2.05. The fourth-order valence-corrected chi connectivity index (χ4v) is 1.94. The third-order valence-electron chi connectivity index (χ3n) is 2.90. The van der Waals surface area contributed by atoms with Crippen molar-refractivity contribution in [1.82, 2.24) is 4.90 Å². The van der Waals surface area contributed by atoms with Gasteiger partial charge in [0, 0.05) is 7.05 Å². The minimum Gasteiger partial charge on any atom is -0.318 e. The summed E-state index contributed by atoms with van der Waals surface area (Å²) in [7, 11) is 1.46. The Kier molecular flexibility index (Phi) is 3.00. The largest absolute Gasteiger partial charge is 0.416 e. The lowest BCUT2D eigenvalue weighted by molar-refractivity contribution is -0.137. The molecule has 0 aromatic heterocycles. The topological polar surface area (TPSA) is 40.6 Å². The molecule has 19 heavy (non-hydrogen) atoms. The highest BCUT2D eigenvalue weighted by Gasteiger charge is 2.37. The molecule has 1 aromatic carbocycles. The molecule has 1 aromatic rings. The van der Waals surface area contributed by atoms with Crippen LogP contribution in [0, 0.1) is 6.92 Å². The van der Waals surface area contributed by atoms with Crippen molar-refractivity contribution in [2.24, 2.45) is 0 Å². The summed E-state index contributed by atoms with van der Waals surface area (Å²) in [5, 5.41) is 0. The number of imide groups is 1. The normalized spacial score (nSPS) is 16.5. The zero-order chi connectivity index (χ0) is 14.4. The Morgan fingerprint density at radius 2 is 1.84 bits per heavy atom. The molecule has 7 heteroatoms. The third-order valence-corrected chi connectivity index (χ3v) is 2.90. The Morgan fingerprint density at radius 3 is 2.26 bits per heavy atom. The summed E-state index contributed by atoms with van der Waals surface area (Å²) in [4.78, 5) is 25.5. The lowest BCUT2D eigenvalue weighted by atomic mass is 10.1. The van der Waals surface area contributed by atoms with Crippen molar-refractivity contribution in [2.45, 2.75) is 13.1 Å². The van der Waals surface area contributed by atoms with Gasteiger partial charge in [0.05, 0.1) is 11.3 Å². The number of hydrogen-bond acceptors (Lipinski definition) is 2. The van der Waals surface area contributed by atoms with Crippen LogP contribution in [0.4, 0.5) is 23.7 Å². The van der Waals surface area contributed by atoms with Gasteiger partial charge in [-0.1, -0.05) is 0 Å². The van der Waals surface area contributed by atoms with E-state index in [0.717, 1.165) is 23.1 Å². The van der Waals surface area contributed by atoms with Crippen molar-refractivity contribution in [3.63, 3.8) is 0 Å². The van der Waals surface area contributed by atoms with Gasteiger partial charge in [0.2, 0.25) is 0 Å². The first-order chi connectivity index (χ1) is 8.71. The fourth-order valence-electron chi connectivity index (χ4n) is 1.94. The number of benzene rings is 1. The first kappa shape index (κ1) is 13.4. The number of aryl methyl sites for hydroxylation is 1. The summed E-state index contributed by atoms with van der Waals surface area (Å²) in [6, 6.07) is 2.40. The maximum atomic E-state index is 12.5. The van der Waals surface area contributed by atoms with Crippen molar-refractivity contribution >= 4 is 17.6 Å². The Bertz CT molecular complexity index is 554.